The van der Waals surface area contributed by atoms with Gasteiger partial charge in [-0.3, -0.25) is 4.79 Å². The van der Waals surface area contributed by atoms with Crippen LogP contribution >= 0.6 is 11.3 Å². The number of pyridine rings is 1. The fourth-order valence-electron chi connectivity index (χ4n) is 2.56. The van der Waals surface area contributed by atoms with Crippen LogP contribution < -0.4 is 10.1 Å². The standard InChI is InChI=1S/C20H21N3O2S/c1-3-25-20-17(5-4-10-21-20)12-22-19(24)11-15-6-8-16(9-7-15)18-13-26-14(2)23-18/h4-10,13H,3,11-12H2,1-2H3,(H,22,24). The van der Waals surface area contributed by atoms with Crippen LogP contribution in [0.25, 0.3) is 11.3 Å². The molecule has 5 nitrogen and oxygen atoms in total. The maximum atomic E-state index is 12.2. The van der Waals surface area contributed by atoms with Gasteiger partial charge in [0.2, 0.25) is 11.8 Å². The zero-order valence-corrected chi connectivity index (χ0v) is 15.7. The lowest BCUT2D eigenvalue weighted by Crippen LogP contribution is -2.25. The van der Waals surface area contributed by atoms with E-state index in [0.29, 0.717) is 25.5 Å². The minimum atomic E-state index is -0.0337. The quantitative estimate of drug-likeness (QED) is 0.690. The monoisotopic (exact) mass is 367 g/mol. The number of nitrogens with one attached hydrogen (secondary N) is 1. The minimum absolute atomic E-state index is 0.0337. The molecule has 0 radical (unpaired) electrons. The predicted octanol–water partition coefficient (Wildman–Crippen LogP) is 3.77. The molecular formula is C20H21N3O2S. The van der Waals surface area contributed by atoms with Gasteiger partial charge in [0.15, 0.2) is 0 Å². The van der Waals surface area contributed by atoms with E-state index in [2.05, 4.69) is 15.3 Å². The Morgan fingerprint density at radius 3 is 2.73 bits per heavy atom. The van der Waals surface area contributed by atoms with E-state index < -0.39 is 0 Å². The molecule has 0 fully saturated rings. The number of aromatic nitrogens is 2. The predicted molar refractivity (Wildman–Crippen MR) is 103 cm³/mol. The van der Waals surface area contributed by atoms with Gasteiger partial charge >= 0.3 is 0 Å². The van der Waals surface area contributed by atoms with Crippen molar-refractivity contribution in [1.29, 1.82) is 0 Å². The Bertz CT molecular complexity index is 875. The third kappa shape index (κ3) is 4.67. The SMILES string of the molecule is CCOc1ncccc1CNC(=O)Cc1ccc(-c2csc(C)n2)cc1. The first-order valence-corrected chi connectivity index (χ1v) is 9.38. The topological polar surface area (TPSA) is 64.1 Å². The average molecular weight is 367 g/mol. The second-order valence-corrected chi connectivity index (χ2v) is 6.87. The first-order valence-electron chi connectivity index (χ1n) is 8.50. The zero-order valence-electron chi connectivity index (χ0n) is 14.9. The Labute approximate surface area is 157 Å². The summed E-state index contributed by atoms with van der Waals surface area (Å²) in [4.78, 5) is 20.9. The molecule has 2 aromatic heterocycles. The smallest absolute Gasteiger partial charge is 0.224 e. The van der Waals surface area contributed by atoms with Crippen LogP contribution in [-0.2, 0) is 17.8 Å². The van der Waals surface area contributed by atoms with Crippen molar-refractivity contribution in [3.05, 3.63) is 64.1 Å². The normalized spacial score (nSPS) is 10.5. The molecule has 2 heterocycles. The summed E-state index contributed by atoms with van der Waals surface area (Å²) in [5.74, 6) is 0.534. The molecule has 134 valence electrons. The van der Waals surface area contributed by atoms with Gasteiger partial charge < -0.3 is 10.1 Å². The highest BCUT2D eigenvalue weighted by Crippen LogP contribution is 2.22. The fraction of sp³-hybridized carbons (Fsp3) is 0.250. The molecule has 26 heavy (non-hydrogen) atoms. The molecule has 0 aliphatic heterocycles. The van der Waals surface area contributed by atoms with E-state index in [1.54, 1.807) is 17.5 Å². The van der Waals surface area contributed by atoms with Gasteiger partial charge in [-0.1, -0.05) is 30.3 Å². The summed E-state index contributed by atoms with van der Waals surface area (Å²) < 4.78 is 5.48. The molecule has 1 amide bonds. The molecule has 0 aliphatic carbocycles. The lowest BCUT2D eigenvalue weighted by Gasteiger charge is -2.10. The minimum Gasteiger partial charge on any atom is -0.478 e. The molecule has 0 atom stereocenters. The molecule has 3 aromatic rings. The summed E-state index contributed by atoms with van der Waals surface area (Å²) in [6.07, 6.45) is 2.02. The van der Waals surface area contributed by atoms with Gasteiger partial charge in [-0.05, 0) is 25.5 Å². The summed E-state index contributed by atoms with van der Waals surface area (Å²) >= 11 is 1.63. The number of thiazole rings is 1. The number of benzene rings is 1. The number of hydrogen-bond acceptors (Lipinski definition) is 5. The van der Waals surface area contributed by atoms with E-state index in [1.165, 1.54) is 0 Å². The van der Waals surface area contributed by atoms with Crippen molar-refractivity contribution < 1.29 is 9.53 Å². The van der Waals surface area contributed by atoms with Crippen LogP contribution in [0.5, 0.6) is 5.88 Å². The van der Waals surface area contributed by atoms with Crippen molar-refractivity contribution in [1.82, 2.24) is 15.3 Å². The lowest BCUT2D eigenvalue weighted by molar-refractivity contribution is -0.120. The van der Waals surface area contributed by atoms with Crippen molar-refractivity contribution in [3.8, 4) is 17.1 Å². The van der Waals surface area contributed by atoms with Crippen molar-refractivity contribution in [2.75, 3.05) is 6.61 Å². The third-order valence-corrected chi connectivity index (χ3v) is 4.61. The number of carbonyl (C=O) groups is 1. The second kappa shape index (κ2) is 8.58. The number of carbonyl (C=O) groups excluding carboxylic acids is 1. The van der Waals surface area contributed by atoms with Gasteiger partial charge in [0.05, 0.1) is 23.7 Å². The van der Waals surface area contributed by atoms with E-state index in [9.17, 15) is 4.79 Å². The highest BCUT2D eigenvalue weighted by atomic mass is 32.1. The van der Waals surface area contributed by atoms with Crippen molar-refractivity contribution >= 4 is 17.2 Å². The van der Waals surface area contributed by atoms with Gasteiger partial charge in [-0.25, -0.2) is 9.97 Å². The Morgan fingerprint density at radius 1 is 1.23 bits per heavy atom. The molecule has 0 aliphatic rings. The summed E-state index contributed by atoms with van der Waals surface area (Å²) in [5, 5.41) is 6.02. The van der Waals surface area contributed by atoms with Gasteiger partial charge in [0.1, 0.15) is 0 Å². The molecular weight excluding hydrogens is 346 g/mol. The molecule has 6 heteroatoms. The molecule has 0 saturated carbocycles. The number of hydrogen-bond donors (Lipinski definition) is 1. The molecule has 0 saturated heterocycles. The number of rotatable bonds is 7. The number of amides is 1. The Morgan fingerprint density at radius 2 is 2.04 bits per heavy atom. The molecule has 1 aromatic carbocycles. The molecule has 0 bridgehead atoms. The maximum absolute atomic E-state index is 12.2. The highest BCUT2D eigenvalue weighted by molar-refractivity contribution is 7.09. The van der Waals surface area contributed by atoms with Crippen LogP contribution in [-0.4, -0.2) is 22.5 Å². The summed E-state index contributed by atoms with van der Waals surface area (Å²) in [6, 6.07) is 11.7. The van der Waals surface area contributed by atoms with Gasteiger partial charge in [-0.2, -0.15) is 0 Å². The third-order valence-electron chi connectivity index (χ3n) is 3.84. The Balaban J connectivity index is 1.57. The molecule has 3 rings (SSSR count). The maximum Gasteiger partial charge on any atom is 0.224 e. The van der Waals surface area contributed by atoms with E-state index in [0.717, 1.165) is 27.4 Å². The van der Waals surface area contributed by atoms with Gasteiger partial charge in [-0.15, -0.1) is 11.3 Å². The molecule has 1 N–H and O–H groups in total. The first kappa shape index (κ1) is 18.1. The largest absolute Gasteiger partial charge is 0.478 e. The van der Waals surface area contributed by atoms with Crippen molar-refractivity contribution in [2.24, 2.45) is 0 Å². The first-order chi connectivity index (χ1) is 12.7. The lowest BCUT2D eigenvalue weighted by atomic mass is 10.1. The summed E-state index contributed by atoms with van der Waals surface area (Å²) in [6.45, 7) is 4.85. The number of aryl methyl sites for hydroxylation is 1. The van der Waals surface area contributed by atoms with Gasteiger partial charge in [0.25, 0.3) is 0 Å². The zero-order chi connectivity index (χ0) is 18.4. The fourth-order valence-corrected chi connectivity index (χ4v) is 3.18. The highest BCUT2D eigenvalue weighted by Gasteiger charge is 2.08. The van der Waals surface area contributed by atoms with Crippen LogP contribution in [0.4, 0.5) is 0 Å². The Kier molecular flexibility index (Phi) is 5.96. The van der Waals surface area contributed by atoms with Crippen LogP contribution in [0.3, 0.4) is 0 Å². The van der Waals surface area contributed by atoms with E-state index in [4.69, 9.17) is 4.74 Å². The average Bonchev–Trinajstić information content (AvgIpc) is 3.08. The summed E-state index contributed by atoms with van der Waals surface area (Å²) in [7, 11) is 0. The van der Waals surface area contributed by atoms with E-state index >= 15 is 0 Å². The van der Waals surface area contributed by atoms with Crippen LogP contribution in [0.1, 0.15) is 23.1 Å². The Hall–Kier alpha value is -2.73. The van der Waals surface area contributed by atoms with Crippen LogP contribution in [0.2, 0.25) is 0 Å². The van der Waals surface area contributed by atoms with Crippen molar-refractivity contribution in [2.45, 2.75) is 26.8 Å². The van der Waals surface area contributed by atoms with E-state index in [1.807, 2.05) is 55.6 Å². The van der Waals surface area contributed by atoms with Crippen molar-refractivity contribution in [3.63, 3.8) is 0 Å². The van der Waals surface area contributed by atoms with Gasteiger partial charge in [0, 0.05) is 29.2 Å². The molecule has 0 spiro atoms. The molecule has 0 unspecified atom stereocenters. The second-order valence-electron chi connectivity index (χ2n) is 5.80. The summed E-state index contributed by atoms with van der Waals surface area (Å²) in [5.41, 5.74) is 3.88. The van der Waals surface area contributed by atoms with Crippen LogP contribution in [0.15, 0.2) is 48.0 Å². The number of nitrogens with zero attached hydrogens (tertiary/aromatic N) is 2. The number of ether oxygens (including phenoxy) is 1. The van der Waals surface area contributed by atoms with Crippen LogP contribution in [0, 0.1) is 6.92 Å². The van der Waals surface area contributed by atoms with E-state index in [-0.39, 0.29) is 5.91 Å².